The second-order valence-electron chi connectivity index (χ2n) is 5.83. The van der Waals surface area contributed by atoms with Gasteiger partial charge in [0, 0.05) is 12.1 Å². The molecule has 0 atom stereocenters. The van der Waals surface area contributed by atoms with Gasteiger partial charge in [-0.2, -0.15) is 0 Å². The van der Waals surface area contributed by atoms with E-state index in [1.807, 2.05) is 12.1 Å². The third-order valence-electron chi connectivity index (χ3n) is 3.09. The maximum absolute atomic E-state index is 11.9. The number of carbonyl (C=O) groups excluding carboxylic acids is 2. The Morgan fingerprint density at radius 2 is 1.84 bits per heavy atom. The minimum Gasteiger partial charge on any atom is -0.312 e. The number of ketones is 1. The number of rotatable bonds is 4. The van der Waals surface area contributed by atoms with E-state index < -0.39 is 5.91 Å². The average molecular weight is 260 g/mol. The summed E-state index contributed by atoms with van der Waals surface area (Å²) in [5, 5.41) is 3.37. The molecule has 1 aliphatic rings. The summed E-state index contributed by atoms with van der Waals surface area (Å²) in [6.45, 7) is 7.71. The van der Waals surface area contributed by atoms with E-state index in [9.17, 15) is 9.59 Å². The van der Waals surface area contributed by atoms with E-state index in [1.54, 1.807) is 17.0 Å². The van der Waals surface area contributed by atoms with Crippen molar-refractivity contribution in [2.75, 3.05) is 18.0 Å². The van der Waals surface area contributed by atoms with Gasteiger partial charge in [-0.25, -0.2) is 0 Å². The van der Waals surface area contributed by atoms with E-state index in [-0.39, 0.29) is 11.3 Å². The minimum absolute atomic E-state index is 0.0722. The van der Waals surface area contributed by atoms with Crippen molar-refractivity contribution in [3.8, 4) is 0 Å². The molecule has 4 heteroatoms. The highest BCUT2D eigenvalue weighted by atomic mass is 16.2. The third-order valence-corrected chi connectivity index (χ3v) is 3.09. The highest BCUT2D eigenvalue weighted by Crippen LogP contribution is 2.28. The van der Waals surface area contributed by atoms with E-state index in [4.69, 9.17) is 0 Å². The highest BCUT2D eigenvalue weighted by Gasteiger charge is 2.34. The lowest BCUT2D eigenvalue weighted by Gasteiger charge is -2.22. The highest BCUT2D eigenvalue weighted by molar-refractivity contribution is 6.52. The molecule has 1 amide bonds. The van der Waals surface area contributed by atoms with Crippen LogP contribution >= 0.6 is 0 Å². The summed E-state index contributed by atoms with van der Waals surface area (Å²) in [6, 6.07) is 7.18. The number of nitrogens with zero attached hydrogens (tertiary/aromatic N) is 1. The summed E-state index contributed by atoms with van der Waals surface area (Å²) >= 11 is 0. The zero-order valence-corrected chi connectivity index (χ0v) is 11.7. The Labute approximate surface area is 113 Å². The Morgan fingerprint density at radius 1 is 1.16 bits per heavy atom. The van der Waals surface area contributed by atoms with Crippen molar-refractivity contribution in [1.82, 2.24) is 5.32 Å². The molecule has 0 saturated carbocycles. The van der Waals surface area contributed by atoms with Crippen molar-refractivity contribution in [3.63, 3.8) is 0 Å². The van der Waals surface area contributed by atoms with Crippen LogP contribution in [0.4, 0.5) is 5.69 Å². The van der Waals surface area contributed by atoms with Gasteiger partial charge in [0.25, 0.3) is 11.7 Å². The summed E-state index contributed by atoms with van der Waals surface area (Å²) in [7, 11) is 0. The van der Waals surface area contributed by atoms with Gasteiger partial charge in [-0.3, -0.25) is 9.59 Å². The first kappa shape index (κ1) is 13.7. The second-order valence-corrected chi connectivity index (χ2v) is 5.83. The molecule has 0 unspecified atom stereocenters. The maximum Gasteiger partial charge on any atom is 0.299 e. The van der Waals surface area contributed by atoms with Crippen LogP contribution in [0.3, 0.4) is 0 Å². The molecule has 0 bridgehead atoms. The Balaban J connectivity index is 1.98. The number of nitrogens with one attached hydrogen (secondary N) is 1. The number of hydrogen-bond donors (Lipinski definition) is 1. The summed E-state index contributed by atoms with van der Waals surface area (Å²) < 4.78 is 0. The number of carbonyl (C=O) groups is 2. The van der Waals surface area contributed by atoms with Gasteiger partial charge in [-0.1, -0.05) is 12.1 Å². The van der Waals surface area contributed by atoms with Gasteiger partial charge in [0.1, 0.15) is 0 Å². The van der Waals surface area contributed by atoms with E-state index in [2.05, 4.69) is 26.1 Å². The number of anilines is 1. The first-order chi connectivity index (χ1) is 8.90. The molecule has 1 aromatic rings. The van der Waals surface area contributed by atoms with Crippen molar-refractivity contribution >= 4 is 17.4 Å². The van der Waals surface area contributed by atoms with E-state index in [1.165, 1.54) is 0 Å². The zero-order chi connectivity index (χ0) is 14.0. The van der Waals surface area contributed by atoms with Crippen LogP contribution in [0.15, 0.2) is 24.3 Å². The Bertz CT molecular complexity index is 503. The predicted molar refractivity (Wildman–Crippen MR) is 75.5 cm³/mol. The Kier molecular flexibility index (Phi) is 3.71. The van der Waals surface area contributed by atoms with Crippen LogP contribution in [-0.2, 0) is 4.79 Å². The quantitative estimate of drug-likeness (QED) is 0.665. The van der Waals surface area contributed by atoms with E-state index >= 15 is 0 Å². The normalized spacial score (nSPS) is 15.0. The molecule has 2 rings (SSSR count). The van der Waals surface area contributed by atoms with Gasteiger partial charge in [0.15, 0.2) is 0 Å². The maximum atomic E-state index is 11.9. The Morgan fingerprint density at radius 3 is 2.53 bits per heavy atom. The monoisotopic (exact) mass is 260 g/mol. The smallest absolute Gasteiger partial charge is 0.299 e. The van der Waals surface area contributed by atoms with Crippen molar-refractivity contribution in [2.45, 2.75) is 32.7 Å². The largest absolute Gasteiger partial charge is 0.312 e. The lowest BCUT2D eigenvalue weighted by Crippen LogP contribution is -2.38. The van der Waals surface area contributed by atoms with Crippen LogP contribution in [0.1, 0.15) is 37.6 Å². The van der Waals surface area contributed by atoms with Gasteiger partial charge in [0.05, 0.1) is 11.3 Å². The fourth-order valence-electron chi connectivity index (χ4n) is 2.17. The number of hydrogen-bond acceptors (Lipinski definition) is 3. The minimum atomic E-state index is -0.406. The first-order valence-electron chi connectivity index (χ1n) is 6.60. The van der Waals surface area contributed by atoms with Crippen molar-refractivity contribution in [1.29, 1.82) is 0 Å². The van der Waals surface area contributed by atoms with Gasteiger partial charge >= 0.3 is 0 Å². The summed E-state index contributed by atoms with van der Waals surface area (Å²) in [5.41, 5.74) is 1.34. The van der Waals surface area contributed by atoms with E-state index in [0.717, 1.165) is 18.7 Å². The van der Waals surface area contributed by atoms with Gasteiger partial charge in [0.2, 0.25) is 0 Å². The molecule has 19 heavy (non-hydrogen) atoms. The molecule has 4 nitrogen and oxygen atoms in total. The molecule has 0 fully saturated rings. The molecule has 0 aromatic heterocycles. The fourth-order valence-corrected chi connectivity index (χ4v) is 2.17. The molecule has 1 N–H and O–H groups in total. The molecule has 0 aliphatic carbocycles. The molecule has 102 valence electrons. The molecule has 1 aromatic carbocycles. The summed E-state index contributed by atoms with van der Waals surface area (Å²) in [4.78, 5) is 25.3. The molecule has 0 spiro atoms. The average Bonchev–Trinajstić information content (AvgIpc) is 2.58. The van der Waals surface area contributed by atoms with Crippen LogP contribution in [0.2, 0.25) is 0 Å². The van der Waals surface area contributed by atoms with Gasteiger partial charge < -0.3 is 10.2 Å². The Hall–Kier alpha value is -1.68. The molecular weight excluding hydrogens is 240 g/mol. The second kappa shape index (κ2) is 5.13. The predicted octanol–water partition coefficient (Wildman–Crippen LogP) is 1.99. The molecule has 0 saturated heterocycles. The van der Waals surface area contributed by atoms with Crippen LogP contribution in [0.5, 0.6) is 0 Å². The van der Waals surface area contributed by atoms with Crippen molar-refractivity contribution in [3.05, 3.63) is 29.8 Å². The standard InChI is InChI=1S/C15H20N2O2/c1-15(2,3)16-9-6-10-17-12-8-5-4-7-11(12)13(18)14(17)19/h4-5,7-8,16H,6,9-10H2,1-3H3. The SMILES string of the molecule is CC(C)(C)NCCCN1C(=O)C(=O)c2ccccc21. The number of para-hydroxylation sites is 1. The summed E-state index contributed by atoms with van der Waals surface area (Å²) in [5.74, 6) is -0.795. The first-order valence-corrected chi connectivity index (χ1v) is 6.60. The zero-order valence-electron chi connectivity index (χ0n) is 11.7. The van der Waals surface area contributed by atoms with Crippen LogP contribution in [-0.4, -0.2) is 30.3 Å². The third kappa shape index (κ3) is 3.01. The summed E-state index contributed by atoms with van der Waals surface area (Å²) in [6.07, 6.45) is 0.824. The number of amides is 1. The van der Waals surface area contributed by atoms with Crippen LogP contribution < -0.4 is 10.2 Å². The number of Topliss-reactive ketones (excluding diaryl/α,β-unsaturated/α-hetero) is 1. The molecular formula is C15H20N2O2. The lowest BCUT2D eigenvalue weighted by molar-refractivity contribution is -0.114. The van der Waals surface area contributed by atoms with Gasteiger partial charge in [-0.15, -0.1) is 0 Å². The van der Waals surface area contributed by atoms with Crippen LogP contribution in [0, 0.1) is 0 Å². The van der Waals surface area contributed by atoms with Gasteiger partial charge in [-0.05, 0) is 45.9 Å². The van der Waals surface area contributed by atoms with Crippen molar-refractivity contribution < 1.29 is 9.59 Å². The number of fused-ring (bicyclic) bond motifs is 1. The topological polar surface area (TPSA) is 49.4 Å². The van der Waals surface area contributed by atoms with E-state index in [0.29, 0.717) is 12.1 Å². The lowest BCUT2D eigenvalue weighted by atomic mass is 10.1. The number of benzene rings is 1. The molecule has 1 heterocycles. The molecule has 0 radical (unpaired) electrons. The van der Waals surface area contributed by atoms with Crippen LogP contribution in [0.25, 0.3) is 0 Å². The van der Waals surface area contributed by atoms with Crippen molar-refractivity contribution in [2.24, 2.45) is 0 Å². The molecule has 1 aliphatic heterocycles. The fraction of sp³-hybridized carbons (Fsp3) is 0.467.